The summed E-state index contributed by atoms with van der Waals surface area (Å²) in [5.74, 6) is 0.167. The van der Waals surface area contributed by atoms with Crippen molar-refractivity contribution < 1.29 is 18.0 Å². The molecule has 0 spiro atoms. The molecule has 0 radical (unpaired) electrons. The number of nitrogens with one attached hydrogen (secondary N) is 2. The highest BCUT2D eigenvalue weighted by molar-refractivity contribution is 6.00. The van der Waals surface area contributed by atoms with E-state index in [1.807, 2.05) is 12.1 Å². The van der Waals surface area contributed by atoms with Crippen LogP contribution < -0.4 is 10.6 Å². The molecule has 2 aromatic carbocycles. The zero-order valence-electron chi connectivity index (χ0n) is 15.5. The van der Waals surface area contributed by atoms with Gasteiger partial charge in [0.25, 0.3) is 5.91 Å². The Bertz CT molecular complexity index is 1200. The Morgan fingerprint density at radius 1 is 0.967 bits per heavy atom. The fourth-order valence-electron chi connectivity index (χ4n) is 2.98. The van der Waals surface area contributed by atoms with Crippen molar-refractivity contribution in [2.75, 3.05) is 5.32 Å². The van der Waals surface area contributed by atoms with E-state index in [1.165, 1.54) is 12.1 Å². The molecule has 0 aliphatic heterocycles. The summed E-state index contributed by atoms with van der Waals surface area (Å²) < 4.78 is 40.6. The number of aromatic nitrogens is 3. The predicted molar refractivity (Wildman–Crippen MR) is 105 cm³/mol. The Hall–Kier alpha value is -3.88. The summed E-state index contributed by atoms with van der Waals surface area (Å²) in [6, 6.07) is 16.9. The molecule has 0 atom stereocenters. The van der Waals surface area contributed by atoms with E-state index in [1.54, 1.807) is 40.9 Å². The number of pyridine rings is 1. The van der Waals surface area contributed by atoms with Gasteiger partial charge in [-0.2, -0.15) is 13.2 Å². The van der Waals surface area contributed by atoms with E-state index >= 15 is 0 Å². The molecular weight excluding hydrogens is 395 g/mol. The number of nitrogens with zero attached hydrogens (tertiary/aromatic N) is 3. The molecule has 2 heterocycles. The first-order valence-electron chi connectivity index (χ1n) is 9.02. The quantitative estimate of drug-likeness (QED) is 0.510. The van der Waals surface area contributed by atoms with Gasteiger partial charge in [0.2, 0.25) is 0 Å². The van der Waals surface area contributed by atoms with E-state index < -0.39 is 17.6 Å². The van der Waals surface area contributed by atoms with Crippen LogP contribution in [-0.4, -0.2) is 20.5 Å². The molecule has 0 unspecified atom stereocenters. The van der Waals surface area contributed by atoms with Gasteiger partial charge in [-0.05, 0) is 42.5 Å². The topological polar surface area (TPSA) is 71.3 Å². The van der Waals surface area contributed by atoms with Crippen molar-refractivity contribution in [3.8, 4) is 0 Å². The number of amides is 1. The Morgan fingerprint density at radius 3 is 2.60 bits per heavy atom. The second-order valence-electron chi connectivity index (χ2n) is 6.48. The van der Waals surface area contributed by atoms with Crippen LogP contribution in [0.4, 0.5) is 24.5 Å². The Morgan fingerprint density at radius 2 is 1.77 bits per heavy atom. The molecule has 4 aromatic rings. The molecule has 2 N–H and O–H groups in total. The van der Waals surface area contributed by atoms with E-state index in [2.05, 4.69) is 20.8 Å². The number of hydrogen-bond acceptors (Lipinski definition) is 4. The lowest BCUT2D eigenvalue weighted by molar-refractivity contribution is -0.137. The third-order valence-electron chi connectivity index (χ3n) is 4.43. The summed E-state index contributed by atoms with van der Waals surface area (Å²) in [4.78, 5) is 12.7. The maximum absolute atomic E-state index is 13.0. The Kier molecular flexibility index (Phi) is 5.09. The number of carbonyl (C=O) groups is 1. The standard InChI is InChI=1S/C21H16F3N5O/c22-21(23,24)14-6-5-7-15(12-14)26-17-9-2-1-8-16(17)20(30)25-13-19-28-27-18-10-3-4-11-29(18)19/h1-12,26H,13H2,(H,25,30). The average Bonchev–Trinajstić information content (AvgIpc) is 3.15. The third kappa shape index (κ3) is 4.09. The summed E-state index contributed by atoms with van der Waals surface area (Å²) in [6.45, 7) is 0.141. The minimum atomic E-state index is -4.45. The SMILES string of the molecule is O=C(NCc1nnc2ccccn12)c1ccccc1Nc1cccc(C(F)(F)F)c1. The van der Waals surface area contributed by atoms with Crippen LogP contribution in [0.5, 0.6) is 0 Å². The highest BCUT2D eigenvalue weighted by Crippen LogP contribution is 2.31. The summed E-state index contributed by atoms with van der Waals surface area (Å²) >= 11 is 0. The van der Waals surface area contributed by atoms with Gasteiger partial charge in [0.15, 0.2) is 11.5 Å². The van der Waals surface area contributed by atoms with Crippen molar-refractivity contribution in [1.29, 1.82) is 0 Å². The van der Waals surface area contributed by atoms with Crippen molar-refractivity contribution in [3.63, 3.8) is 0 Å². The maximum atomic E-state index is 13.0. The van der Waals surface area contributed by atoms with Crippen molar-refractivity contribution in [2.45, 2.75) is 12.7 Å². The number of fused-ring (bicyclic) bond motifs is 1. The molecule has 30 heavy (non-hydrogen) atoms. The van der Waals surface area contributed by atoms with Crippen LogP contribution in [0.3, 0.4) is 0 Å². The van der Waals surface area contributed by atoms with Crippen LogP contribution in [0.2, 0.25) is 0 Å². The Labute approximate surface area is 169 Å². The van der Waals surface area contributed by atoms with Gasteiger partial charge in [-0.3, -0.25) is 9.20 Å². The molecular formula is C21H16F3N5O. The van der Waals surface area contributed by atoms with Gasteiger partial charge in [-0.1, -0.05) is 24.3 Å². The predicted octanol–water partition coefficient (Wildman–Crippen LogP) is 4.42. The van der Waals surface area contributed by atoms with E-state index in [9.17, 15) is 18.0 Å². The first-order chi connectivity index (χ1) is 14.4. The molecule has 0 aliphatic carbocycles. The number of benzene rings is 2. The van der Waals surface area contributed by atoms with Crippen LogP contribution in [0.1, 0.15) is 21.7 Å². The van der Waals surface area contributed by atoms with Crippen LogP contribution in [0.15, 0.2) is 72.9 Å². The van der Waals surface area contributed by atoms with E-state index in [0.29, 0.717) is 22.7 Å². The second-order valence-corrected chi connectivity index (χ2v) is 6.48. The summed E-state index contributed by atoms with van der Waals surface area (Å²) in [6.07, 6.45) is -2.66. The first-order valence-corrected chi connectivity index (χ1v) is 9.02. The first kappa shape index (κ1) is 19.4. The van der Waals surface area contributed by atoms with Crippen molar-refractivity contribution in [1.82, 2.24) is 19.9 Å². The van der Waals surface area contributed by atoms with Gasteiger partial charge >= 0.3 is 6.18 Å². The molecule has 0 bridgehead atoms. The van der Waals surface area contributed by atoms with Crippen LogP contribution in [-0.2, 0) is 12.7 Å². The zero-order valence-corrected chi connectivity index (χ0v) is 15.5. The number of para-hydroxylation sites is 1. The molecule has 4 rings (SSSR count). The molecule has 152 valence electrons. The van der Waals surface area contributed by atoms with Crippen LogP contribution in [0, 0.1) is 0 Å². The maximum Gasteiger partial charge on any atom is 0.416 e. The fraction of sp³-hybridized carbons (Fsp3) is 0.0952. The number of halogens is 3. The van der Waals surface area contributed by atoms with Crippen molar-refractivity contribution >= 4 is 22.9 Å². The van der Waals surface area contributed by atoms with Gasteiger partial charge in [0.1, 0.15) is 0 Å². The monoisotopic (exact) mass is 411 g/mol. The van der Waals surface area contributed by atoms with Gasteiger partial charge in [-0.15, -0.1) is 10.2 Å². The highest BCUT2D eigenvalue weighted by atomic mass is 19.4. The largest absolute Gasteiger partial charge is 0.416 e. The third-order valence-corrected chi connectivity index (χ3v) is 4.43. The average molecular weight is 411 g/mol. The normalized spacial score (nSPS) is 11.4. The number of hydrogen-bond donors (Lipinski definition) is 2. The van der Waals surface area contributed by atoms with Crippen LogP contribution in [0.25, 0.3) is 5.65 Å². The van der Waals surface area contributed by atoms with Gasteiger partial charge in [0.05, 0.1) is 23.4 Å². The van der Waals surface area contributed by atoms with Gasteiger partial charge in [0, 0.05) is 11.9 Å². The van der Waals surface area contributed by atoms with Gasteiger partial charge < -0.3 is 10.6 Å². The molecule has 0 fully saturated rings. The minimum Gasteiger partial charge on any atom is -0.355 e. The number of alkyl halides is 3. The number of carbonyl (C=O) groups excluding carboxylic acids is 1. The smallest absolute Gasteiger partial charge is 0.355 e. The molecule has 1 amide bonds. The highest BCUT2D eigenvalue weighted by Gasteiger charge is 2.30. The van der Waals surface area contributed by atoms with E-state index in [0.717, 1.165) is 12.1 Å². The summed E-state index contributed by atoms with van der Waals surface area (Å²) in [5.41, 5.74) is 0.805. The van der Waals surface area contributed by atoms with Crippen molar-refractivity contribution in [3.05, 3.63) is 89.9 Å². The van der Waals surface area contributed by atoms with Crippen LogP contribution >= 0.6 is 0 Å². The summed E-state index contributed by atoms with van der Waals surface area (Å²) in [7, 11) is 0. The minimum absolute atomic E-state index is 0.141. The lowest BCUT2D eigenvalue weighted by Gasteiger charge is -2.14. The van der Waals surface area contributed by atoms with E-state index in [-0.39, 0.29) is 12.2 Å². The molecule has 0 saturated heterocycles. The van der Waals surface area contributed by atoms with Gasteiger partial charge in [-0.25, -0.2) is 0 Å². The Balaban J connectivity index is 1.52. The molecule has 0 saturated carbocycles. The van der Waals surface area contributed by atoms with E-state index in [4.69, 9.17) is 0 Å². The lowest BCUT2D eigenvalue weighted by Crippen LogP contribution is -2.24. The molecule has 6 nitrogen and oxygen atoms in total. The fourth-order valence-corrected chi connectivity index (χ4v) is 2.98. The number of rotatable bonds is 5. The molecule has 2 aromatic heterocycles. The molecule has 0 aliphatic rings. The molecule has 9 heteroatoms. The summed E-state index contributed by atoms with van der Waals surface area (Å²) in [5, 5.41) is 13.8. The zero-order chi connectivity index (χ0) is 21.1. The number of anilines is 2. The second kappa shape index (κ2) is 7.86. The van der Waals surface area contributed by atoms with Crippen molar-refractivity contribution in [2.24, 2.45) is 0 Å². The lowest BCUT2D eigenvalue weighted by atomic mass is 10.1.